The van der Waals surface area contributed by atoms with E-state index in [1.54, 1.807) is 0 Å². The summed E-state index contributed by atoms with van der Waals surface area (Å²) in [6.07, 6.45) is 3.55. The summed E-state index contributed by atoms with van der Waals surface area (Å²) >= 11 is 3.53. The van der Waals surface area contributed by atoms with Crippen molar-refractivity contribution in [3.05, 3.63) is 69.7 Å². The second-order valence-electron chi connectivity index (χ2n) is 5.92. The van der Waals surface area contributed by atoms with Crippen molar-refractivity contribution in [3.8, 4) is 0 Å². The summed E-state index contributed by atoms with van der Waals surface area (Å²) in [5, 5.41) is 3.77. The number of fused-ring (bicyclic) bond motifs is 1. The van der Waals surface area contributed by atoms with Gasteiger partial charge in [-0.05, 0) is 60.5 Å². The Bertz CT molecular complexity index is 566. The van der Waals surface area contributed by atoms with Crippen LogP contribution in [0.3, 0.4) is 0 Å². The molecule has 1 atom stereocenters. The van der Waals surface area contributed by atoms with E-state index in [4.69, 9.17) is 0 Å². The van der Waals surface area contributed by atoms with Gasteiger partial charge in [0.1, 0.15) is 0 Å². The molecule has 3 rings (SSSR count). The first-order valence-electron chi connectivity index (χ1n) is 7.83. The minimum absolute atomic E-state index is 0.449. The predicted molar refractivity (Wildman–Crippen MR) is 92.5 cm³/mol. The lowest BCUT2D eigenvalue weighted by molar-refractivity contribution is 0.374. The average molecular weight is 344 g/mol. The molecule has 0 radical (unpaired) electrons. The minimum Gasteiger partial charge on any atom is -0.310 e. The Morgan fingerprint density at radius 1 is 1.05 bits per heavy atom. The molecule has 1 aliphatic carbocycles. The van der Waals surface area contributed by atoms with Gasteiger partial charge in [0.2, 0.25) is 0 Å². The number of rotatable bonds is 5. The monoisotopic (exact) mass is 343 g/mol. The van der Waals surface area contributed by atoms with E-state index in [-0.39, 0.29) is 0 Å². The Morgan fingerprint density at radius 2 is 1.67 bits per heavy atom. The lowest BCUT2D eigenvalue weighted by atomic mass is 9.90. The molecule has 1 aliphatic rings. The van der Waals surface area contributed by atoms with Crippen LogP contribution >= 0.6 is 15.9 Å². The van der Waals surface area contributed by atoms with Crippen LogP contribution in [0.2, 0.25) is 0 Å². The molecule has 0 heterocycles. The Morgan fingerprint density at radius 3 is 2.24 bits per heavy atom. The highest BCUT2D eigenvalue weighted by Crippen LogP contribution is 2.35. The van der Waals surface area contributed by atoms with E-state index in [0.717, 1.165) is 11.0 Å². The maximum atomic E-state index is 3.77. The van der Waals surface area contributed by atoms with Crippen LogP contribution in [0.5, 0.6) is 0 Å². The van der Waals surface area contributed by atoms with Crippen LogP contribution in [0.15, 0.2) is 53.0 Å². The highest BCUT2D eigenvalue weighted by atomic mass is 79.9. The molecular weight excluding hydrogens is 322 g/mol. The Balaban J connectivity index is 1.82. The largest absolute Gasteiger partial charge is 0.310 e. The van der Waals surface area contributed by atoms with Crippen molar-refractivity contribution >= 4 is 15.9 Å². The van der Waals surface area contributed by atoms with E-state index in [1.165, 1.54) is 36.0 Å². The zero-order chi connectivity index (χ0) is 14.7. The van der Waals surface area contributed by atoms with Crippen molar-refractivity contribution < 1.29 is 0 Å². The van der Waals surface area contributed by atoms with Crippen molar-refractivity contribution in [2.24, 2.45) is 5.92 Å². The third-order valence-corrected chi connectivity index (χ3v) is 4.93. The van der Waals surface area contributed by atoms with Gasteiger partial charge in [-0.1, -0.05) is 59.3 Å². The Kier molecular flexibility index (Phi) is 4.77. The summed E-state index contributed by atoms with van der Waals surface area (Å²) in [6, 6.07) is 18.1. The third kappa shape index (κ3) is 3.38. The first-order chi connectivity index (χ1) is 10.3. The Labute approximate surface area is 135 Å². The normalized spacial score (nSPS) is 15.9. The first kappa shape index (κ1) is 14.8. The zero-order valence-electron chi connectivity index (χ0n) is 12.5. The van der Waals surface area contributed by atoms with Crippen molar-refractivity contribution in [3.63, 3.8) is 0 Å². The molecule has 0 aliphatic heterocycles. The number of hydrogen-bond acceptors (Lipinski definition) is 1. The second-order valence-corrected chi connectivity index (χ2v) is 6.84. The van der Waals surface area contributed by atoms with Crippen molar-refractivity contribution in [2.75, 3.05) is 6.54 Å². The molecule has 21 heavy (non-hydrogen) atoms. The molecule has 0 bridgehead atoms. The van der Waals surface area contributed by atoms with Gasteiger partial charge >= 0.3 is 0 Å². The molecule has 0 spiro atoms. The molecule has 0 saturated heterocycles. The minimum atomic E-state index is 0.449. The fourth-order valence-corrected chi connectivity index (χ4v) is 3.62. The summed E-state index contributed by atoms with van der Waals surface area (Å²) in [5.41, 5.74) is 4.47. The van der Waals surface area contributed by atoms with Crippen LogP contribution < -0.4 is 5.32 Å². The van der Waals surface area contributed by atoms with Crippen molar-refractivity contribution in [1.82, 2.24) is 5.32 Å². The van der Waals surface area contributed by atoms with E-state index < -0.39 is 0 Å². The predicted octanol–water partition coefficient (Wildman–Crippen LogP) is 4.90. The summed E-state index contributed by atoms with van der Waals surface area (Å²) in [6.45, 7) is 3.31. The van der Waals surface area contributed by atoms with E-state index >= 15 is 0 Å². The first-order valence-corrected chi connectivity index (χ1v) is 8.63. The van der Waals surface area contributed by atoms with Crippen molar-refractivity contribution in [1.29, 1.82) is 0 Å². The average Bonchev–Trinajstić information content (AvgIpc) is 2.93. The standard InChI is InChI=1S/C19H22BrN/c1-2-11-21-19(14-7-9-18(20)10-8-14)17-12-15-5-3-4-6-16(15)13-17/h3-10,17,19,21H,2,11-13H2,1H3. The molecule has 1 N–H and O–H groups in total. The van der Waals surface area contributed by atoms with Crippen molar-refractivity contribution in [2.45, 2.75) is 32.2 Å². The van der Waals surface area contributed by atoms with E-state index in [9.17, 15) is 0 Å². The van der Waals surface area contributed by atoms with Crippen LogP contribution in [0.1, 0.15) is 36.1 Å². The number of nitrogens with one attached hydrogen (secondary N) is 1. The van der Waals surface area contributed by atoms with Gasteiger partial charge in [-0.25, -0.2) is 0 Å². The van der Waals surface area contributed by atoms with Gasteiger partial charge in [-0.15, -0.1) is 0 Å². The van der Waals surface area contributed by atoms with Gasteiger partial charge in [-0.2, -0.15) is 0 Å². The molecule has 2 heteroatoms. The smallest absolute Gasteiger partial charge is 0.0355 e. The molecule has 1 unspecified atom stereocenters. The third-order valence-electron chi connectivity index (χ3n) is 4.40. The fraction of sp³-hybridized carbons (Fsp3) is 0.368. The maximum absolute atomic E-state index is 3.77. The number of hydrogen-bond donors (Lipinski definition) is 1. The molecule has 0 amide bonds. The SMILES string of the molecule is CCCNC(c1ccc(Br)cc1)C1Cc2ccccc2C1. The molecule has 0 aromatic heterocycles. The maximum Gasteiger partial charge on any atom is 0.0355 e. The van der Waals surface area contributed by atoms with Gasteiger partial charge in [0.05, 0.1) is 0 Å². The molecule has 0 saturated carbocycles. The highest BCUT2D eigenvalue weighted by Gasteiger charge is 2.29. The van der Waals surface area contributed by atoms with Crippen LogP contribution in [0.4, 0.5) is 0 Å². The quantitative estimate of drug-likeness (QED) is 0.813. The lowest BCUT2D eigenvalue weighted by Gasteiger charge is -2.25. The summed E-state index contributed by atoms with van der Waals surface area (Å²) in [4.78, 5) is 0. The van der Waals surface area contributed by atoms with E-state index in [2.05, 4.69) is 76.7 Å². The second kappa shape index (κ2) is 6.76. The topological polar surface area (TPSA) is 12.0 Å². The van der Waals surface area contributed by atoms with Crippen LogP contribution in [0, 0.1) is 5.92 Å². The van der Waals surface area contributed by atoms with Gasteiger partial charge < -0.3 is 5.32 Å². The van der Waals surface area contributed by atoms with Gasteiger partial charge in [0.25, 0.3) is 0 Å². The molecule has 0 fully saturated rings. The van der Waals surface area contributed by atoms with Gasteiger partial charge in [-0.3, -0.25) is 0 Å². The summed E-state index contributed by atoms with van der Waals surface area (Å²) < 4.78 is 1.15. The van der Waals surface area contributed by atoms with Crippen LogP contribution in [-0.2, 0) is 12.8 Å². The van der Waals surface area contributed by atoms with Crippen LogP contribution in [-0.4, -0.2) is 6.54 Å². The molecular formula is C19H22BrN. The highest BCUT2D eigenvalue weighted by molar-refractivity contribution is 9.10. The lowest BCUT2D eigenvalue weighted by Crippen LogP contribution is -2.29. The molecule has 1 nitrogen and oxygen atoms in total. The number of benzene rings is 2. The van der Waals surface area contributed by atoms with Gasteiger partial charge in [0.15, 0.2) is 0 Å². The summed E-state index contributed by atoms with van der Waals surface area (Å²) in [7, 11) is 0. The Hall–Kier alpha value is -1.12. The fourth-order valence-electron chi connectivity index (χ4n) is 3.36. The molecule has 110 valence electrons. The molecule has 2 aromatic carbocycles. The van der Waals surface area contributed by atoms with E-state index in [0.29, 0.717) is 12.0 Å². The van der Waals surface area contributed by atoms with E-state index in [1.807, 2.05) is 0 Å². The molecule has 2 aromatic rings. The van der Waals surface area contributed by atoms with Crippen LogP contribution in [0.25, 0.3) is 0 Å². The zero-order valence-corrected chi connectivity index (χ0v) is 14.1. The summed E-state index contributed by atoms with van der Waals surface area (Å²) in [5.74, 6) is 0.662. The van der Waals surface area contributed by atoms with Gasteiger partial charge in [0, 0.05) is 10.5 Å². The number of halogens is 1.